The average molecular weight is 278 g/mol. The molecule has 2 aromatic rings. The zero-order valence-electron chi connectivity index (χ0n) is 11.9. The van der Waals surface area contributed by atoms with Crippen LogP contribution >= 0.6 is 0 Å². The Kier molecular flexibility index (Phi) is 4.02. The zero-order valence-corrected chi connectivity index (χ0v) is 11.9. The minimum atomic E-state index is -0.488. The van der Waals surface area contributed by atoms with Crippen LogP contribution in [0.25, 0.3) is 11.0 Å². The lowest BCUT2D eigenvalue weighted by molar-refractivity contribution is -0.142. The lowest BCUT2D eigenvalue weighted by Gasteiger charge is -2.20. The van der Waals surface area contributed by atoms with Crippen LogP contribution in [0.4, 0.5) is 11.8 Å². The predicted molar refractivity (Wildman–Crippen MR) is 75.5 cm³/mol. The highest BCUT2D eigenvalue weighted by Gasteiger charge is 2.24. The molecule has 8 heteroatoms. The maximum Gasteiger partial charge on any atom is 0.328 e. The molecular formula is C12H18N6O2. The number of nitrogens with one attached hydrogen (secondary N) is 3. The maximum absolute atomic E-state index is 11.8. The number of ether oxygens (including phenoxy) is 1. The van der Waals surface area contributed by atoms with Crippen molar-refractivity contribution in [2.45, 2.75) is 19.9 Å². The van der Waals surface area contributed by atoms with Crippen molar-refractivity contribution in [1.82, 2.24) is 20.2 Å². The van der Waals surface area contributed by atoms with Crippen LogP contribution in [0.2, 0.25) is 0 Å². The van der Waals surface area contributed by atoms with Crippen LogP contribution in [0.5, 0.6) is 0 Å². The Labute approximate surface area is 116 Å². The van der Waals surface area contributed by atoms with E-state index in [1.165, 1.54) is 7.11 Å². The van der Waals surface area contributed by atoms with Crippen LogP contribution in [0.1, 0.15) is 13.8 Å². The van der Waals surface area contributed by atoms with Gasteiger partial charge in [-0.3, -0.25) is 5.10 Å². The van der Waals surface area contributed by atoms with Crippen molar-refractivity contribution >= 4 is 28.8 Å². The smallest absolute Gasteiger partial charge is 0.328 e. The summed E-state index contributed by atoms with van der Waals surface area (Å²) in [4.78, 5) is 20.4. The number of H-pyrrole nitrogens is 1. The molecule has 0 amide bonds. The average Bonchev–Trinajstić information content (AvgIpc) is 2.91. The summed E-state index contributed by atoms with van der Waals surface area (Å²) >= 11 is 0. The second-order valence-corrected chi connectivity index (χ2v) is 4.67. The number of aromatic nitrogens is 4. The highest BCUT2D eigenvalue weighted by atomic mass is 16.5. The van der Waals surface area contributed by atoms with E-state index in [1.54, 1.807) is 13.2 Å². The summed E-state index contributed by atoms with van der Waals surface area (Å²) in [6.07, 6.45) is 1.62. The van der Waals surface area contributed by atoms with Crippen molar-refractivity contribution in [1.29, 1.82) is 0 Å². The summed E-state index contributed by atoms with van der Waals surface area (Å²) < 4.78 is 4.81. The molecule has 2 rings (SSSR count). The van der Waals surface area contributed by atoms with Crippen molar-refractivity contribution in [3.05, 3.63) is 6.20 Å². The van der Waals surface area contributed by atoms with Crippen molar-refractivity contribution < 1.29 is 9.53 Å². The third-order valence-electron chi connectivity index (χ3n) is 2.95. The first kappa shape index (κ1) is 14.0. The molecule has 0 aliphatic carbocycles. The van der Waals surface area contributed by atoms with E-state index in [4.69, 9.17) is 4.74 Å². The molecule has 1 unspecified atom stereocenters. The first-order valence-corrected chi connectivity index (χ1v) is 6.30. The lowest BCUT2D eigenvalue weighted by atomic mass is 10.0. The van der Waals surface area contributed by atoms with Gasteiger partial charge in [-0.25, -0.2) is 4.79 Å². The Bertz CT molecular complexity index is 609. The molecule has 0 spiro atoms. The molecule has 0 bridgehead atoms. The standard InChI is InChI=1S/C12H18N6O2/c1-6(2)8(11(19)20-4)15-9-7-5-14-18-10(7)17-12(13-3)16-9/h5-6,8H,1-4H3,(H3,13,14,15,16,17,18). The fourth-order valence-corrected chi connectivity index (χ4v) is 1.83. The van der Waals surface area contributed by atoms with Crippen molar-refractivity contribution in [2.24, 2.45) is 5.92 Å². The fraction of sp³-hybridized carbons (Fsp3) is 0.500. The molecule has 0 fully saturated rings. The number of carbonyl (C=O) groups is 1. The second-order valence-electron chi connectivity index (χ2n) is 4.67. The third kappa shape index (κ3) is 2.63. The molecule has 108 valence electrons. The van der Waals surface area contributed by atoms with Gasteiger partial charge < -0.3 is 15.4 Å². The number of hydrogen-bond acceptors (Lipinski definition) is 7. The van der Waals surface area contributed by atoms with Crippen LogP contribution < -0.4 is 10.6 Å². The Hall–Kier alpha value is -2.38. The molecule has 0 saturated heterocycles. The molecule has 1 atom stereocenters. The molecule has 3 N–H and O–H groups in total. The molecule has 2 heterocycles. The minimum absolute atomic E-state index is 0.0532. The fourth-order valence-electron chi connectivity index (χ4n) is 1.83. The largest absolute Gasteiger partial charge is 0.467 e. The maximum atomic E-state index is 11.8. The van der Waals surface area contributed by atoms with E-state index >= 15 is 0 Å². The molecule has 0 radical (unpaired) electrons. The van der Waals surface area contributed by atoms with Crippen LogP contribution in [0.15, 0.2) is 6.20 Å². The van der Waals surface area contributed by atoms with E-state index in [2.05, 4.69) is 30.8 Å². The summed E-state index contributed by atoms with van der Waals surface area (Å²) in [5.74, 6) is 0.701. The van der Waals surface area contributed by atoms with Gasteiger partial charge in [-0.05, 0) is 5.92 Å². The molecule has 0 saturated carbocycles. The first-order valence-electron chi connectivity index (χ1n) is 6.30. The van der Waals surface area contributed by atoms with Gasteiger partial charge in [-0.1, -0.05) is 13.8 Å². The van der Waals surface area contributed by atoms with Crippen molar-refractivity contribution in [3.8, 4) is 0 Å². The Morgan fingerprint density at radius 2 is 2.15 bits per heavy atom. The van der Waals surface area contributed by atoms with E-state index in [0.29, 0.717) is 17.4 Å². The summed E-state index contributed by atoms with van der Waals surface area (Å²) in [5, 5.41) is 13.4. The van der Waals surface area contributed by atoms with Crippen LogP contribution in [-0.2, 0) is 9.53 Å². The van der Waals surface area contributed by atoms with Gasteiger partial charge in [-0.15, -0.1) is 0 Å². The van der Waals surface area contributed by atoms with Gasteiger partial charge in [0, 0.05) is 7.05 Å². The predicted octanol–water partition coefficient (Wildman–Crippen LogP) is 1.00. The van der Waals surface area contributed by atoms with Crippen LogP contribution in [0.3, 0.4) is 0 Å². The quantitative estimate of drug-likeness (QED) is 0.701. The monoisotopic (exact) mass is 278 g/mol. The molecule has 0 aromatic carbocycles. The molecule has 0 aliphatic heterocycles. The number of rotatable bonds is 5. The van der Waals surface area contributed by atoms with Gasteiger partial charge in [0.15, 0.2) is 5.65 Å². The van der Waals surface area contributed by atoms with E-state index in [-0.39, 0.29) is 11.9 Å². The Morgan fingerprint density at radius 1 is 1.40 bits per heavy atom. The number of esters is 1. The zero-order chi connectivity index (χ0) is 14.7. The number of hydrogen-bond donors (Lipinski definition) is 3. The van der Waals surface area contributed by atoms with E-state index in [0.717, 1.165) is 5.39 Å². The minimum Gasteiger partial charge on any atom is -0.467 e. The first-order chi connectivity index (χ1) is 9.56. The number of aromatic amines is 1. The summed E-state index contributed by atoms with van der Waals surface area (Å²) in [5.41, 5.74) is 0.597. The highest BCUT2D eigenvalue weighted by molar-refractivity contribution is 5.89. The van der Waals surface area contributed by atoms with Gasteiger partial charge in [-0.2, -0.15) is 15.1 Å². The topological polar surface area (TPSA) is 105 Å². The number of anilines is 2. The van der Waals surface area contributed by atoms with Gasteiger partial charge in [0.25, 0.3) is 0 Å². The number of fused-ring (bicyclic) bond motifs is 1. The van der Waals surface area contributed by atoms with Crippen LogP contribution in [-0.4, -0.2) is 46.3 Å². The Balaban J connectivity index is 2.40. The normalized spacial score (nSPS) is 12.4. The summed E-state index contributed by atoms with van der Waals surface area (Å²) in [6.45, 7) is 3.86. The third-order valence-corrected chi connectivity index (χ3v) is 2.95. The van der Waals surface area contributed by atoms with E-state index in [9.17, 15) is 4.79 Å². The van der Waals surface area contributed by atoms with E-state index < -0.39 is 6.04 Å². The van der Waals surface area contributed by atoms with E-state index in [1.807, 2.05) is 13.8 Å². The summed E-state index contributed by atoms with van der Waals surface area (Å²) in [7, 11) is 3.09. The van der Waals surface area contributed by atoms with Gasteiger partial charge in [0.05, 0.1) is 18.7 Å². The van der Waals surface area contributed by atoms with Gasteiger partial charge >= 0.3 is 5.97 Å². The lowest BCUT2D eigenvalue weighted by Crippen LogP contribution is -2.35. The van der Waals surface area contributed by atoms with Crippen molar-refractivity contribution in [3.63, 3.8) is 0 Å². The van der Waals surface area contributed by atoms with Gasteiger partial charge in [0.1, 0.15) is 11.9 Å². The molecule has 0 aliphatic rings. The highest BCUT2D eigenvalue weighted by Crippen LogP contribution is 2.22. The molecule has 2 aromatic heterocycles. The molecule has 8 nitrogen and oxygen atoms in total. The second kappa shape index (κ2) is 5.72. The number of methoxy groups -OCH3 is 1. The molecular weight excluding hydrogens is 260 g/mol. The van der Waals surface area contributed by atoms with Crippen LogP contribution in [0, 0.1) is 5.92 Å². The Morgan fingerprint density at radius 3 is 2.75 bits per heavy atom. The van der Waals surface area contributed by atoms with Gasteiger partial charge in [0.2, 0.25) is 5.95 Å². The SMILES string of the molecule is CNc1nc(NC(C(=O)OC)C(C)C)c2cn[nH]c2n1. The molecule has 20 heavy (non-hydrogen) atoms. The number of nitrogens with zero attached hydrogens (tertiary/aromatic N) is 3. The number of carbonyl (C=O) groups excluding carboxylic acids is 1. The summed E-state index contributed by atoms with van der Waals surface area (Å²) in [6, 6.07) is -0.488. The van der Waals surface area contributed by atoms with Crippen molar-refractivity contribution in [2.75, 3.05) is 24.8 Å².